The Morgan fingerprint density at radius 2 is 1.91 bits per heavy atom. The van der Waals surface area contributed by atoms with Gasteiger partial charge in [-0.15, -0.1) is 0 Å². The van der Waals surface area contributed by atoms with Crippen molar-refractivity contribution in [3.8, 4) is 11.6 Å². The zero-order valence-corrected chi connectivity index (χ0v) is 26.8. The first-order chi connectivity index (χ1) is 21.0. The van der Waals surface area contributed by atoms with Crippen LogP contribution in [0, 0.1) is 11.8 Å². The van der Waals surface area contributed by atoms with Crippen LogP contribution in [-0.2, 0) is 15.6 Å². The predicted molar refractivity (Wildman–Crippen MR) is 176 cm³/mol. The average molecular weight is 608 g/mol. The summed E-state index contributed by atoms with van der Waals surface area (Å²) in [5, 5.41) is 4.61. The van der Waals surface area contributed by atoms with Crippen molar-refractivity contribution < 1.29 is 13.7 Å². The molecule has 234 valence electrons. The lowest BCUT2D eigenvalue weighted by Crippen LogP contribution is -2.27. The number of carbonyl (C=O) groups excluding carboxylic acids is 1. The van der Waals surface area contributed by atoms with Gasteiger partial charge in [0.15, 0.2) is 0 Å². The van der Waals surface area contributed by atoms with Gasteiger partial charge in [-0.1, -0.05) is 13.0 Å². The summed E-state index contributed by atoms with van der Waals surface area (Å²) in [6.07, 6.45) is 16.9. The molecule has 2 unspecified atom stereocenters. The molecule has 3 heterocycles. The lowest BCUT2D eigenvalue weighted by Gasteiger charge is -2.29. The Hall–Kier alpha value is -2.78. The zero-order valence-electron chi connectivity index (χ0n) is 26.0. The second-order valence-corrected chi connectivity index (χ2v) is 14.0. The predicted octanol–water partition coefficient (Wildman–Crippen LogP) is 6.40. The number of ketones is 1. The minimum atomic E-state index is -0.802. The van der Waals surface area contributed by atoms with Crippen LogP contribution in [0.1, 0.15) is 77.6 Å². The Morgan fingerprint density at radius 1 is 1.05 bits per heavy atom. The lowest BCUT2D eigenvalue weighted by atomic mass is 9.83. The second kappa shape index (κ2) is 15.8. The Bertz CT molecular complexity index is 1350. The van der Waals surface area contributed by atoms with Crippen LogP contribution in [-0.4, -0.2) is 73.7 Å². The third kappa shape index (κ3) is 9.11. The number of carbonyl (C=O) groups is 1. The molecule has 0 amide bonds. The molecule has 5 rings (SSSR count). The summed E-state index contributed by atoms with van der Waals surface area (Å²) in [6.45, 7) is 6.39. The van der Waals surface area contributed by atoms with Crippen LogP contribution in [0.25, 0.3) is 16.7 Å². The van der Waals surface area contributed by atoms with Crippen LogP contribution in [0.3, 0.4) is 0 Å². The summed E-state index contributed by atoms with van der Waals surface area (Å²) >= 11 is 0. The van der Waals surface area contributed by atoms with Gasteiger partial charge in [-0.25, -0.2) is 4.98 Å². The second-order valence-electron chi connectivity index (χ2n) is 12.5. The fraction of sp³-hybridized carbons (Fsp3) is 0.618. The quantitative estimate of drug-likeness (QED) is 0.189. The molecule has 0 radical (unpaired) electrons. The Morgan fingerprint density at radius 3 is 2.70 bits per heavy atom. The largest absolute Gasteiger partial charge is 0.493 e. The third-order valence-electron chi connectivity index (χ3n) is 9.31. The molecule has 43 heavy (non-hydrogen) atoms. The van der Waals surface area contributed by atoms with Gasteiger partial charge in [0.1, 0.15) is 17.4 Å². The summed E-state index contributed by atoms with van der Waals surface area (Å²) in [5.41, 5.74) is 1.03. The van der Waals surface area contributed by atoms with Gasteiger partial charge < -0.3 is 19.5 Å². The van der Waals surface area contributed by atoms with Crippen molar-refractivity contribution in [3.05, 3.63) is 42.7 Å². The number of Topliss-reactive ketones (excluding diaryl/α,β-unsaturated/α-hetero) is 1. The highest BCUT2D eigenvalue weighted by atomic mass is 32.2. The smallest absolute Gasteiger partial charge is 0.224 e. The molecule has 0 bridgehead atoms. The fourth-order valence-electron chi connectivity index (χ4n) is 6.75. The van der Waals surface area contributed by atoms with E-state index in [1.807, 2.05) is 30.6 Å². The number of nitrogens with one attached hydrogen (secondary N) is 1. The van der Waals surface area contributed by atoms with Gasteiger partial charge >= 0.3 is 0 Å². The molecule has 1 aliphatic carbocycles. The van der Waals surface area contributed by atoms with Gasteiger partial charge in [-0.2, -0.15) is 4.98 Å². The maximum Gasteiger partial charge on any atom is 0.224 e. The van der Waals surface area contributed by atoms with Crippen molar-refractivity contribution in [2.75, 3.05) is 43.6 Å². The number of hydrogen-bond acceptors (Lipinski definition) is 7. The molecule has 0 spiro atoms. The molecule has 8 nitrogen and oxygen atoms in total. The number of nitrogens with zero attached hydrogens (tertiary/aromatic N) is 4. The van der Waals surface area contributed by atoms with E-state index in [1.165, 1.54) is 25.9 Å². The highest BCUT2D eigenvalue weighted by Gasteiger charge is 2.23. The monoisotopic (exact) mass is 607 g/mol. The first kappa shape index (κ1) is 31.6. The summed E-state index contributed by atoms with van der Waals surface area (Å²) in [7, 11) is -0.802. The lowest BCUT2D eigenvalue weighted by molar-refractivity contribution is -0.119. The standard InChI is InChI=1S/C34H49N5O3S/c1-3-38-21-18-27(25-38)7-4-8-29(40)16-13-26-11-14-28(15-12-26)36-34-35-20-17-33(37-34)39-22-19-30-31(39)9-5-10-32(30)42-23-6-24-43(2)41/h5,9-10,17,19-20,22,26-28H,3-4,6-8,11-16,18,21,23-25H2,1-2H3,(H,35,36,37). The number of likely N-dealkylation sites (tertiary alicyclic amines) is 1. The van der Waals surface area contributed by atoms with Crippen molar-refractivity contribution in [2.45, 2.75) is 83.6 Å². The van der Waals surface area contributed by atoms with Crippen molar-refractivity contribution in [2.24, 2.45) is 11.8 Å². The van der Waals surface area contributed by atoms with Crippen molar-refractivity contribution >= 4 is 33.4 Å². The van der Waals surface area contributed by atoms with Crippen molar-refractivity contribution in [3.63, 3.8) is 0 Å². The van der Waals surface area contributed by atoms with Gasteiger partial charge in [0.05, 0.1) is 12.1 Å². The maximum atomic E-state index is 12.5. The normalized spacial score (nSPS) is 21.7. The highest BCUT2D eigenvalue weighted by molar-refractivity contribution is 7.84. The van der Waals surface area contributed by atoms with Crippen molar-refractivity contribution in [1.29, 1.82) is 0 Å². The molecule has 2 aliphatic rings. The van der Waals surface area contributed by atoms with Crippen LogP contribution >= 0.6 is 0 Å². The van der Waals surface area contributed by atoms with Crippen LogP contribution < -0.4 is 10.1 Å². The van der Waals surface area contributed by atoms with Crippen molar-refractivity contribution in [1.82, 2.24) is 19.4 Å². The van der Waals surface area contributed by atoms with Gasteiger partial charge in [0.2, 0.25) is 5.95 Å². The van der Waals surface area contributed by atoms with E-state index in [-0.39, 0.29) is 0 Å². The fourth-order valence-corrected chi connectivity index (χ4v) is 7.28. The minimum Gasteiger partial charge on any atom is -0.493 e. The van der Waals surface area contributed by atoms with E-state index < -0.39 is 10.8 Å². The molecule has 9 heteroatoms. The number of rotatable bonds is 16. The molecular formula is C34H49N5O3S. The average Bonchev–Trinajstić information content (AvgIpc) is 3.67. The summed E-state index contributed by atoms with van der Waals surface area (Å²) < 4.78 is 19.4. The molecular weight excluding hydrogens is 558 g/mol. The molecule has 3 aromatic rings. The SMILES string of the molecule is CCN1CCC(CCCC(=O)CCC2CCC(Nc3nccc(-n4ccc5c(OCCCS(C)=O)cccc54)n3)CC2)C1. The van der Waals surface area contributed by atoms with E-state index >= 15 is 0 Å². The molecule has 2 fully saturated rings. The van der Waals surface area contributed by atoms with Crippen LogP contribution in [0.15, 0.2) is 42.7 Å². The van der Waals surface area contributed by atoms with E-state index in [1.54, 1.807) is 6.26 Å². The van der Waals surface area contributed by atoms with E-state index in [2.05, 4.69) is 38.8 Å². The summed E-state index contributed by atoms with van der Waals surface area (Å²) in [6, 6.07) is 10.4. The first-order valence-electron chi connectivity index (χ1n) is 16.4. The number of hydrogen-bond donors (Lipinski definition) is 1. The molecule has 1 saturated carbocycles. The van der Waals surface area contributed by atoms with E-state index in [4.69, 9.17) is 9.72 Å². The number of fused-ring (bicyclic) bond motifs is 1. The zero-order chi connectivity index (χ0) is 30.0. The van der Waals surface area contributed by atoms with Gasteiger partial charge in [0.25, 0.3) is 0 Å². The van der Waals surface area contributed by atoms with Crippen LogP contribution in [0.4, 0.5) is 5.95 Å². The van der Waals surface area contributed by atoms with E-state index in [0.29, 0.717) is 36.1 Å². The van der Waals surface area contributed by atoms with Gasteiger partial charge in [-0.3, -0.25) is 9.00 Å². The Kier molecular flexibility index (Phi) is 11.6. The van der Waals surface area contributed by atoms with Gasteiger partial charge in [0, 0.05) is 66.0 Å². The Balaban J connectivity index is 1.06. The number of anilines is 1. The minimum absolute atomic E-state index is 0.357. The number of benzene rings is 1. The maximum absolute atomic E-state index is 12.5. The molecule has 1 saturated heterocycles. The molecule has 1 aromatic carbocycles. The van der Waals surface area contributed by atoms with E-state index in [0.717, 1.165) is 92.7 Å². The third-order valence-corrected chi connectivity index (χ3v) is 10.2. The van der Waals surface area contributed by atoms with Crippen LogP contribution in [0.5, 0.6) is 5.75 Å². The molecule has 2 aromatic heterocycles. The van der Waals surface area contributed by atoms with Crippen LogP contribution in [0.2, 0.25) is 0 Å². The summed E-state index contributed by atoms with van der Waals surface area (Å²) in [5.74, 6) is 4.85. The number of aromatic nitrogens is 3. The first-order valence-corrected chi connectivity index (χ1v) is 18.1. The Labute approximate surface area is 259 Å². The highest BCUT2D eigenvalue weighted by Crippen LogP contribution is 2.31. The molecule has 1 aliphatic heterocycles. The topological polar surface area (TPSA) is 89.4 Å². The van der Waals surface area contributed by atoms with E-state index in [9.17, 15) is 9.00 Å². The summed E-state index contributed by atoms with van der Waals surface area (Å²) in [4.78, 5) is 24.4. The number of ether oxygens (including phenoxy) is 1. The van der Waals surface area contributed by atoms with Gasteiger partial charge in [-0.05, 0) is 107 Å². The molecule has 1 N–H and O–H groups in total. The molecule has 2 atom stereocenters.